The van der Waals surface area contributed by atoms with Crippen LogP contribution in [0.5, 0.6) is 0 Å². The summed E-state index contributed by atoms with van der Waals surface area (Å²) in [6.45, 7) is 12.3. The van der Waals surface area contributed by atoms with E-state index in [1.165, 1.54) is 5.56 Å². The van der Waals surface area contributed by atoms with Crippen LogP contribution in [0.25, 0.3) is 11.3 Å². The Bertz CT molecular complexity index is 1470. The minimum absolute atomic E-state index is 0.0264. The van der Waals surface area contributed by atoms with Gasteiger partial charge in [0, 0.05) is 40.3 Å². The van der Waals surface area contributed by atoms with E-state index in [4.69, 9.17) is 4.98 Å². The second-order valence-corrected chi connectivity index (χ2v) is 10.9. The van der Waals surface area contributed by atoms with Crippen LogP contribution < -0.4 is 16.0 Å². The lowest BCUT2D eigenvalue weighted by Crippen LogP contribution is -2.29. The van der Waals surface area contributed by atoms with Crippen molar-refractivity contribution in [1.29, 1.82) is 0 Å². The average Bonchev–Trinajstić information content (AvgIpc) is 2.89. The van der Waals surface area contributed by atoms with Crippen molar-refractivity contribution in [1.82, 2.24) is 15.3 Å². The largest absolute Gasteiger partial charge is 0.350 e. The predicted molar refractivity (Wildman–Crippen MR) is 158 cm³/mol. The van der Waals surface area contributed by atoms with Crippen LogP contribution in [-0.4, -0.2) is 27.8 Å². The van der Waals surface area contributed by atoms with Crippen molar-refractivity contribution in [3.05, 3.63) is 101 Å². The third kappa shape index (κ3) is 6.87. The Morgan fingerprint density at radius 2 is 1.46 bits per heavy atom. The summed E-state index contributed by atoms with van der Waals surface area (Å²) < 4.78 is 0. The van der Waals surface area contributed by atoms with Crippen molar-refractivity contribution in [2.45, 2.75) is 53.0 Å². The second-order valence-electron chi connectivity index (χ2n) is 10.9. The summed E-state index contributed by atoms with van der Waals surface area (Å²) in [5, 5.41) is 9.13. The maximum absolute atomic E-state index is 13.0. The van der Waals surface area contributed by atoms with Crippen LogP contribution >= 0.6 is 0 Å². The fraction of sp³-hybridized carbons (Fsp3) is 0.250. The molecule has 7 heteroatoms. The van der Waals surface area contributed by atoms with Crippen molar-refractivity contribution in [3.8, 4) is 11.3 Å². The predicted octanol–water partition coefficient (Wildman–Crippen LogP) is 6.88. The van der Waals surface area contributed by atoms with Gasteiger partial charge in [-0.3, -0.25) is 9.59 Å². The van der Waals surface area contributed by atoms with Crippen LogP contribution in [0.3, 0.4) is 0 Å². The highest BCUT2D eigenvalue weighted by Gasteiger charge is 2.16. The van der Waals surface area contributed by atoms with Gasteiger partial charge in [0.05, 0.1) is 5.69 Å². The molecule has 0 unspecified atom stereocenters. The summed E-state index contributed by atoms with van der Waals surface area (Å²) >= 11 is 0. The first-order valence-electron chi connectivity index (χ1n) is 13.0. The molecular formula is C32H35N5O2. The Morgan fingerprint density at radius 3 is 2.10 bits per heavy atom. The first-order chi connectivity index (χ1) is 18.5. The zero-order chi connectivity index (χ0) is 28.2. The highest BCUT2D eigenvalue weighted by Crippen LogP contribution is 2.29. The highest BCUT2D eigenvalue weighted by molar-refractivity contribution is 6.05. The van der Waals surface area contributed by atoms with Crippen LogP contribution in [0.2, 0.25) is 0 Å². The summed E-state index contributed by atoms with van der Waals surface area (Å²) in [6.07, 6.45) is 1.69. The molecule has 2 amide bonds. The molecule has 0 spiro atoms. The summed E-state index contributed by atoms with van der Waals surface area (Å²) in [5.74, 6) is 0.158. The number of nitrogens with one attached hydrogen (secondary N) is 3. The molecule has 200 valence electrons. The standard InChI is InChI=1S/C32H35N5O2/c1-20(2)34-29(38)23-12-16-25(17-13-23)35-31-33-19-18-28(37-31)26-8-7-9-27(21(26)3)36-30(39)22-10-14-24(15-11-22)32(4,5)6/h7-20H,1-6H3,(H,34,38)(H,36,39)(H,33,35,37). The number of carbonyl (C=O) groups excluding carboxylic acids is 2. The van der Waals surface area contributed by atoms with Crippen molar-refractivity contribution < 1.29 is 9.59 Å². The third-order valence-electron chi connectivity index (χ3n) is 6.35. The lowest BCUT2D eigenvalue weighted by Gasteiger charge is -2.19. The smallest absolute Gasteiger partial charge is 0.255 e. The summed E-state index contributed by atoms with van der Waals surface area (Å²) in [7, 11) is 0. The summed E-state index contributed by atoms with van der Waals surface area (Å²) in [5.41, 5.74) is 6.41. The lowest BCUT2D eigenvalue weighted by molar-refractivity contribution is 0.0942. The number of rotatable bonds is 7. The van der Waals surface area contributed by atoms with Gasteiger partial charge in [-0.2, -0.15) is 0 Å². The van der Waals surface area contributed by atoms with Gasteiger partial charge in [0.15, 0.2) is 0 Å². The molecule has 3 N–H and O–H groups in total. The molecule has 0 saturated heterocycles. The summed E-state index contributed by atoms with van der Waals surface area (Å²) in [4.78, 5) is 34.2. The molecule has 1 aromatic heterocycles. The number of benzene rings is 3. The molecular weight excluding hydrogens is 486 g/mol. The van der Waals surface area contributed by atoms with Gasteiger partial charge in [-0.05, 0) is 85.8 Å². The number of anilines is 3. The fourth-order valence-electron chi connectivity index (χ4n) is 4.11. The van der Waals surface area contributed by atoms with Gasteiger partial charge in [-0.1, -0.05) is 45.0 Å². The van der Waals surface area contributed by atoms with E-state index < -0.39 is 0 Å². The number of hydrogen-bond acceptors (Lipinski definition) is 5. The van der Waals surface area contributed by atoms with Crippen LogP contribution in [0.4, 0.5) is 17.3 Å². The molecule has 0 fully saturated rings. The molecule has 0 aliphatic heterocycles. The van der Waals surface area contributed by atoms with Crippen molar-refractivity contribution in [3.63, 3.8) is 0 Å². The van der Waals surface area contributed by atoms with E-state index in [9.17, 15) is 9.59 Å². The average molecular weight is 522 g/mol. The van der Waals surface area contributed by atoms with E-state index >= 15 is 0 Å². The van der Waals surface area contributed by atoms with Gasteiger partial charge in [0.2, 0.25) is 5.95 Å². The quantitative estimate of drug-likeness (QED) is 0.246. The van der Waals surface area contributed by atoms with Gasteiger partial charge < -0.3 is 16.0 Å². The summed E-state index contributed by atoms with van der Waals surface area (Å²) in [6, 6.07) is 22.6. The molecule has 4 aromatic rings. The van der Waals surface area contributed by atoms with E-state index in [0.717, 1.165) is 28.2 Å². The number of aromatic nitrogens is 2. The van der Waals surface area contributed by atoms with Crippen LogP contribution in [0.15, 0.2) is 79.0 Å². The van der Waals surface area contributed by atoms with Gasteiger partial charge in [-0.15, -0.1) is 0 Å². The Hall–Kier alpha value is -4.52. The maximum atomic E-state index is 13.0. The molecule has 0 aliphatic rings. The van der Waals surface area contributed by atoms with E-state index in [0.29, 0.717) is 17.1 Å². The number of nitrogens with zero attached hydrogens (tertiary/aromatic N) is 2. The Labute approximate surface area is 230 Å². The molecule has 7 nitrogen and oxygen atoms in total. The van der Waals surface area contributed by atoms with Crippen LogP contribution in [0, 0.1) is 6.92 Å². The van der Waals surface area contributed by atoms with Gasteiger partial charge in [0.25, 0.3) is 11.8 Å². The lowest BCUT2D eigenvalue weighted by atomic mass is 9.86. The maximum Gasteiger partial charge on any atom is 0.255 e. The Balaban J connectivity index is 1.50. The molecule has 39 heavy (non-hydrogen) atoms. The highest BCUT2D eigenvalue weighted by atomic mass is 16.2. The molecule has 1 heterocycles. The van der Waals surface area contributed by atoms with E-state index in [-0.39, 0.29) is 23.3 Å². The fourth-order valence-corrected chi connectivity index (χ4v) is 4.11. The van der Waals surface area contributed by atoms with Gasteiger partial charge >= 0.3 is 0 Å². The minimum atomic E-state index is -0.161. The first-order valence-corrected chi connectivity index (χ1v) is 13.0. The molecule has 0 atom stereocenters. The molecule has 0 bridgehead atoms. The second kappa shape index (κ2) is 11.5. The Morgan fingerprint density at radius 1 is 0.821 bits per heavy atom. The molecule has 3 aromatic carbocycles. The van der Waals surface area contributed by atoms with Crippen molar-refractivity contribution >= 4 is 29.1 Å². The van der Waals surface area contributed by atoms with Crippen LogP contribution in [0.1, 0.15) is 66.5 Å². The molecule has 0 aliphatic carbocycles. The molecule has 4 rings (SSSR count). The normalized spacial score (nSPS) is 11.3. The van der Waals surface area contributed by atoms with Crippen LogP contribution in [-0.2, 0) is 5.41 Å². The van der Waals surface area contributed by atoms with E-state index in [2.05, 4.69) is 41.7 Å². The minimum Gasteiger partial charge on any atom is -0.350 e. The monoisotopic (exact) mass is 521 g/mol. The van der Waals surface area contributed by atoms with Gasteiger partial charge in [0.1, 0.15) is 0 Å². The van der Waals surface area contributed by atoms with Gasteiger partial charge in [-0.25, -0.2) is 9.97 Å². The first kappa shape index (κ1) is 27.5. The zero-order valence-corrected chi connectivity index (χ0v) is 23.3. The Kier molecular flexibility index (Phi) is 8.10. The number of amides is 2. The molecule has 0 radical (unpaired) electrons. The SMILES string of the molecule is Cc1c(NC(=O)c2ccc(C(C)(C)C)cc2)cccc1-c1ccnc(Nc2ccc(C(=O)NC(C)C)cc2)n1. The number of hydrogen-bond donors (Lipinski definition) is 3. The topological polar surface area (TPSA) is 96.0 Å². The number of carbonyl (C=O) groups is 2. The van der Waals surface area contributed by atoms with Crippen molar-refractivity contribution in [2.24, 2.45) is 0 Å². The zero-order valence-electron chi connectivity index (χ0n) is 23.3. The van der Waals surface area contributed by atoms with E-state index in [1.54, 1.807) is 18.3 Å². The third-order valence-corrected chi connectivity index (χ3v) is 6.35. The molecule has 0 saturated carbocycles. The van der Waals surface area contributed by atoms with E-state index in [1.807, 2.05) is 81.4 Å². The van der Waals surface area contributed by atoms with Crippen molar-refractivity contribution in [2.75, 3.05) is 10.6 Å².